The van der Waals surface area contributed by atoms with Gasteiger partial charge in [-0.25, -0.2) is 14.1 Å². The molecule has 9 nitrogen and oxygen atoms in total. The van der Waals surface area contributed by atoms with Crippen LogP contribution >= 0.6 is 0 Å². The van der Waals surface area contributed by atoms with E-state index in [1.165, 1.54) is 28.2 Å². The monoisotopic (exact) mass is 362 g/mol. The summed E-state index contributed by atoms with van der Waals surface area (Å²) in [6.45, 7) is 3.35. The zero-order valence-electron chi connectivity index (χ0n) is 14.1. The largest absolute Gasteiger partial charge is 0.338 e. The molecule has 3 rings (SSSR count). The Morgan fingerprint density at radius 2 is 2.19 bits per heavy atom. The number of amides is 2. The van der Waals surface area contributed by atoms with Gasteiger partial charge in [0.05, 0.1) is 18.6 Å². The van der Waals surface area contributed by atoms with Crippen LogP contribution in [0.4, 0.5) is 4.39 Å². The lowest BCUT2D eigenvalue weighted by Gasteiger charge is -2.40. The summed E-state index contributed by atoms with van der Waals surface area (Å²) in [5.41, 5.74) is -0.0524. The summed E-state index contributed by atoms with van der Waals surface area (Å²) in [6.07, 6.45) is 4.27. The van der Waals surface area contributed by atoms with Crippen molar-refractivity contribution < 1.29 is 14.0 Å². The summed E-state index contributed by atoms with van der Waals surface area (Å²) in [7, 11) is 0. The number of aromatic nitrogens is 4. The molecule has 0 aliphatic carbocycles. The van der Waals surface area contributed by atoms with Crippen molar-refractivity contribution in [2.24, 2.45) is 0 Å². The molecule has 0 bridgehead atoms. The van der Waals surface area contributed by atoms with Crippen molar-refractivity contribution in [1.82, 2.24) is 29.5 Å². The van der Waals surface area contributed by atoms with Crippen molar-refractivity contribution in [3.63, 3.8) is 0 Å². The average Bonchev–Trinajstić information content (AvgIpc) is 3.05. The second kappa shape index (κ2) is 7.46. The van der Waals surface area contributed by atoms with Crippen molar-refractivity contribution >= 4 is 22.8 Å². The molecule has 26 heavy (non-hydrogen) atoms. The Bertz CT molecular complexity index is 891. The minimum absolute atomic E-state index is 0.132. The first-order valence-electron chi connectivity index (χ1n) is 8.18. The van der Waals surface area contributed by atoms with Crippen molar-refractivity contribution in [3.8, 4) is 0 Å². The summed E-state index contributed by atoms with van der Waals surface area (Å²) in [5.74, 6) is -0.470. The molecular weight excluding hydrogens is 343 g/mol. The van der Waals surface area contributed by atoms with Gasteiger partial charge in [0.15, 0.2) is 5.65 Å². The molecule has 1 aliphatic heterocycles. The van der Waals surface area contributed by atoms with Gasteiger partial charge in [0.25, 0.3) is 5.56 Å². The number of fused-ring (bicyclic) bond motifs is 1. The second-order valence-corrected chi connectivity index (χ2v) is 6.00. The maximum absolute atomic E-state index is 13.5. The van der Waals surface area contributed by atoms with Crippen LogP contribution in [0, 0.1) is 0 Å². The van der Waals surface area contributed by atoms with Crippen LogP contribution in [0.2, 0.25) is 0 Å². The van der Waals surface area contributed by atoms with Gasteiger partial charge < -0.3 is 14.8 Å². The van der Waals surface area contributed by atoms with E-state index in [0.717, 1.165) is 0 Å². The Balaban J connectivity index is 1.73. The SMILES string of the molecule is C=CCC(=O)N1CCN(C(=O)Cn2ncc3c(=O)[nH]cnc32)C(CF)C1. The summed E-state index contributed by atoms with van der Waals surface area (Å²) in [4.78, 5) is 45.7. The van der Waals surface area contributed by atoms with E-state index in [2.05, 4.69) is 21.6 Å². The molecule has 138 valence electrons. The summed E-state index contributed by atoms with van der Waals surface area (Å²) in [6, 6.07) is -0.705. The smallest absolute Gasteiger partial charge is 0.261 e. The molecule has 1 fully saturated rings. The predicted molar refractivity (Wildman–Crippen MR) is 91.0 cm³/mol. The Morgan fingerprint density at radius 3 is 2.92 bits per heavy atom. The number of rotatable bonds is 5. The number of carbonyl (C=O) groups excluding carboxylic acids is 2. The number of aromatic amines is 1. The number of nitrogens with one attached hydrogen (secondary N) is 1. The molecule has 1 N–H and O–H groups in total. The van der Waals surface area contributed by atoms with Crippen molar-refractivity contribution in [2.75, 3.05) is 26.3 Å². The highest BCUT2D eigenvalue weighted by atomic mass is 19.1. The van der Waals surface area contributed by atoms with Crippen LogP contribution in [0.5, 0.6) is 0 Å². The van der Waals surface area contributed by atoms with E-state index in [4.69, 9.17) is 0 Å². The number of nitrogens with zero attached hydrogens (tertiary/aromatic N) is 5. The third-order valence-corrected chi connectivity index (χ3v) is 4.38. The van der Waals surface area contributed by atoms with Crippen LogP contribution in [-0.2, 0) is 16.1 Å². The van der Waals surface area contributed by atoms with E-state index in [-0.39, 0.29) is 48.8 Å². The fraction of sp³-hybridized carbons (Fsp3) is 0.438. The molecule has 1 saturated heterocycles. The van der Waals surface area contributed by atoms with Gasteiger partial charge in [0, 0.05) is 26.1 Å². The number of hydrogen-bond donors (Lipinski definition) is 1. The van der Waals surface area contributed by atoms with Crippen LogP contribution < -0.4 is 5.56 Å². The van der Waals surface area contributed by atoms with Crippen molar-refractivity contribution in [2.45, 2.75) is 19.0 Å². The lowest BCUT2D eigenvalue weighted by molar-refractivity contribution is -0.143. The molecule has 0 radical (unpaired) electrons. The standard InChI is InChI=1S/C16H19FN6O3/c1-2-3-13(24)21-4-5-22(11(6-17)8-21)14(25)9-23-15-12(7-20-23)16(26)19-10-18-15/h2,7,10-11H,1,3-6,8-9H2,(H,18,19,26). The molecule has 0 saturated carbocycles. The molecule has 2 amide bonds. The zero-order chi connectivity index (χ0) is 18.7. The van der Waals surface area contributed by atoms with Crippen LogP contribution in [0.15, 0.2) is 30.0 Å². The van der Waals surface area contributed by atoms with Crippen LogP contribution in [0.3, 0.4) is 0 Å². The van der Waals surface area contributed by atoms with Crippen molar-refractivity contribution in [1.29, 1.82) is 0 Å². The lowest BCUT2D eigenvalue weighted by Crippen LogP contribution is -2.58. The molecule has 3 heterocycles. The normalized spacial score (nSPS) is 17.5. The Kier molecular flexibility index (Phi) is 5.10. The minimum atomic E-state index is -0.749. The maximum Gasteiger partial charge on any atom is 0.261 e. The van der Waals surface area contributed by atoms with Gasteiger partial charge >= 0.3 is 0 Å². The summed E-state index contributed by atoms with van der Waals surface area (Å²) >= 11 is 0. The molecular formula is C16H19FN6O3. The second-order valence-electron chi connectivity index (χ2n) is 6.00. The van der Waals surface area contributed by atoms with E-state index in [1.54, 1.807) is 4.90 Å². The lowest BCUT2D eigenvalue weighted by atomic mass is 10.1. The number of hydrogen-bond acceptors (Lipinski definition) is 5. The highest BCUT2D eigenvalue weighted by molar-refractivity contribution is 5.81. The minimum Gasteiger partial charge on any atom is -0.338 e. The van der Waals surface area contributed by atoms with Gasteiger partial charge in [-0.1, -0.05) is 6.08 Å². The molecule has 1 atom stereocenters. The molecule has 0 aromatic carbocycles. The average molecular weight is 362 g/mol. The van der Waals surface area contributed by atoms with E-state index in [0.29, 0.717) is 12.2 Å². The van der Waals surface area contributed by atoms with Crippen LogP contribution in [0.1, 0.15) is 6.42 Å². The Labute approximate surface area is 148 Å². The first-order valence-corrected chi connectivity index (χ1v) is 8.18. The molecule has 0 spiro atoms. The highest BCUT2D eigenvalue weighted by Crippen LogP contribution is 2.14. The van der Waals surface area contributed by atoms with Crippen LogP contribution in [-0.4, -0.2) is 73.7 Å². The number of alkyl halides is 1. The van der Waals surface area contributed by atoms with E-state index < -0.39 is 12.7 Å². The third kappa shape index (κ3) is 3.35. The van der Waals surface area contributed by atoms with Gasteiger partial charge in [0.1, 0.15) is 18.6 Å². The van der Waals surface area contributed by atoms with E-state index in [1.807, 2.05) is 0 Å². The molecule has 2 aromatic heterocycles. The first-order chi connectivity index (χ1) is 12.5. The van der Waals surface area contributed by atoms with E-state index >= 15 is 0 Å². The number of carbonyl (C=O) groups is 2. The highest BCUT2D eigenvalue weighted by Gasteiger charge is 2.32. The topological polar surface area (TPSA) is 104 Å². The number of halogens is 1. The Hall–Kier alpha value is -3.04. The van der Waals surface area contributed by atoms with Crippen molar-refractivity contribution in [3.05, 3.63) is 35.5 Å². The molecule has 2 aromatic rings. The van der Waals surface area contributed by atoms with Gasteiger partial charge in [-0.3, -0.25) is 14.4 Å². The van der Waals surface area contributed by atoms with Gasteiger partial charge in [-0.15, -0.1) is 6.58 Å². The molecule has 1 aliphatic rings. The maximum atomic E-state index is 13.5. The summed E-state index contributed by atoms with van der Waals surface area (Å²) in [5, 5.41) is 4.31. The predicted octanol–water partition coefficient (Wildman–Crippen LogP) is -0.295. The first kappa shape index (κ1) is 17.8. The van der Waals surface area contributed by atoms with Gasteiger partial charge in [0.2, 0.25) is 11.8 Å². The van der Waals surface area contributed by atoms with Crippen LogP contribution in [0.25, 0.3) is 11.0 Å². The van der Waals surface area contributed by atoms with E-state index in [9.17, 15) is 18.8 Å². The number of piperazine rings is 1. The quantitative estimate of drug-likeness (QED) is 0.736. The third-order valence-electron chi connectivity index (χ3n) is 4.38. The van der Waals surface area contributed by atoms with Gasteiger partial charge in [-0.05, 0) is 0 Å². The fourth-order valence-corrected chi connectivity index (χ4v) is 3.03. The number of H-pyrrole nitrogens is 1. The molecule has 1 unspecified atom stereocenters. The van der Waals surface area contributed by atoms with Gasteiger partial charge in [-0.2, -0.15) is 5.10 Å². The fourth-order valence-electron chi connectivity index (χ4n) is 3.03. The summed E-state index contributed by atoms with van der Waals surface area (Å²) < 4.78 is 14.8. The zero-order valence-corrected chi connectivity index (χ0v) is 14.1. The molecule has 10 heteroatoms. The Morgan fingerprint density at radius 1 is 1.38 bits per heavy atom.